The first-order valence-electron chi connectivity index (χ1n) is 8.56. The van der Waals surface area contributed by atoms with E-state index in [0.29, 0.717) is 5.95 Å². The van der Waals surface area contributed by atoms with Crippen molar-refractivity contribution in [2.75, 3.05) is 43.4 Å². The number of hydrogen-bond acceptors (Lipinski definition) is 5. The first kappa shape index (κ1) is 16.7. The third-order valence-electron chi connectivity index (χ3n) is 4.58. The maximum absolute atomic E-state index is 4.77. The molecule has 1 aliphatic rings. The third kappa shape index (κ3) is 3.67. The molecule has 0 aliphatic carbocycles. The minimum absolute atomic E-state index is 0.680. The molecular weight excluding hydrogens is 298 g/mol. The molecule has 2 heterocycles. The van der Waals surface area contributed by atoms with Gasteiger partial charge in [-0.3, -0.25) is 0 Å². The third-order valence-corrected chi connectivity index (χ3v) is 4.58. The van der Waals surface area contributed by atoms with Gasteiger partial charge in [-0.2, -0.15) is 4.98 Å². The summed E-state index contributed by atoms with van der Waals surface area (Å²) in [5.74, 6) is 1.69. The lowest BCUT2D eigenvalue weighted by atomic mass is 10.1. The van der Waals surface area contributed by atoms with E-state index in [-0.39, 0.29) is 0 Å². The van der Waals surface area contributed by atoms with Gasteiger partial charge in [-0.25, -0.2) is 4.98 Å². The largest absolute Gasteiger partial charge is 0.354 e. The van der Waals surface area contributed by atoms with Crippen molar-refractivity contribution in [3.63, 3.8) is 0 Å². The summed E-state index contributed by atoms with van der Waals surface area (Å²) in [6, 6.07) is 6.45. The molecule has 3 rings (SSSR count). The van der Waals surface area contributed by atoms with Crippen molar-refractivity contribution in [1.29, 1.82) is 0 Å². The van der Waals surface area contributed by atoms with E-state index >= 15 is 0 Å². The Labute approximate surface area is 144 Å². The molecule has 0 atom stereocenters. The van der Waals surface area contributed by atoms with Crippen molar-refractivity contribution in [2.45, 2.75) is 27.7 Å². The minimum Gasteiger partial charge on any atom is -0.354 e. The Morgan fingerprint density at radius 2 is 1.50 bits per heavy atom. The van der Waals surface area contributed by atoms with E-state index in [1.165, 1.54) is 16.7 Å². The topological polar surface area (TPSA) is 44.3 Å². The summed E-state index contributed by atoms with van der Waals surface area (Å²) in [6.45, 7) is 12.6. The van der Waals surface area contributed by atoms with Crippen LogP contribution in [0.1, 0.15) is 22.4 Å². The molecule has 1 aliphatic heterocycles. The van der Waals surface area contributed by atoms with Crippen molar-refractivity contribution in [1.82, 2.24) is 14.9 Å². The van der Waals surface area contributed by atoms with Crippen LogP contribution < -0.4 is 10.2 Å². The molecular formula is C19H27N5. The van der Waals surface area contributed by atoms with Crippen LogP contribution in [0.25, 0.3) is 0 Å². The van der Waals surface area contributed by atoms with Gasteiger partial charge in [0.25, 0.3) is 0 Å². The van der Waals surface area contributed by atoms with Crippen molar-refractivity contribution in [2.24, 2.45) is 0 Å². The van der Waals surface area contributed by atoms with Crippen LogP contribution in [0.2, 0.25) is 0 Å². The van der Waals surface area contributed by atoms with Crippen LogP contribution in [0.3, 0.4) is 0 Å². The molecule has 128 valence electrons. The quantitative estimate of drug-likeness (QED) is 0.939. The van der Waals surface area contributed by atoms with Crippen LogP contribution in [-0.4, -0.2) is 48.1 Å². The Bertz CT molecular complexity index is 710. The molecule has 5 nitrogen and oxygen atoms in total. The van der Waals surface area contributed by atoms with Gasteiger partial charge in [0.2, 0.25) is 5.95 Å². The summed E-state index contributed by atoms with van der Waals surface area (Å²) in [5, 5.41) is 3.44. The fraction of sp³-hybridized carbons (Fsp3) is 0.474. The second kappa shape index (κ2) is 6.77. The number of nitrogens with one attached hydrogen (secondary N) is 1. The zero-order chi connectivity index (χ0) is 17.3. The highest BCUT2D eigenvalue weighted by molar-refractivity contribution is 5.64. The van der Waals surface area contributed by atoms with Crippen LogP contribution in [0.4, 0.5) is 17.5 Å². The Balaban J connectivity index is 1.87. The predicted molar refractivity (Wildman–Crippen MR) is 100 cm³/mol. The number of likely N-dealkylation sites (N-methyl/N-ethyl adjacent to an activating group) is 1. The molecule has 0 bridgehead atoms. The van der Waals surface area contributed by atoms with Gasteiger partial charge in [0, 0.05) is 43.6 Å². The van der Waals surface area contributed by atoms with Gasteiger partial charge in [-0.15, -0.1) is 0 Å². The Hall–Kier alpha value is -2.14. The van der Waals surface area contributed by atoms with Crippen LogP contribution >= 0.6 is 0 Å². The zero-order valence-electron chi connectivity index (χ0n) is 15.3. The van der Waals surface area contributed by atoms with E-state index in [0.717, 1.165) is 43.4 Å². The van der Waals surface area contributed by atoms with Gasteiger partial charge in [-0.1, -0.05) is 17.7 Å². The average molecular weight is 325 g/mol. The van der Waals surface area contributed by atoms with Crippen LogP contribution in [0, 0.1) is 27.7 Å². The highest BCUT2D eigenvalue weighted by Crippen LogP contribution is 2.26. The Morgan fingerprint density at radius 3 is 2.12 bits per heavy atom. The Morgan fingerprint density at radius 1 is 0.875 bits per heavy atom. The highest BCUT2D eigenvalue weighted by atomic mass is 15.3. The van der Waals surface area contributed by atoms with Crippen molar-refractivity contribution < 1.29 is 0 Å². The molecule has 1 N–H and O–H groups in total. The van der Waals surface area contributed by atoms with Gasteiger partial charge in [0.15, 0.2) is 0 Å². The first-order valence-corrected chi connectivity index (χ1v) is 8.56. The first-order chi connectivity index (χ1) is 11.4. The van der Waals surface area contributed by atoms with E-state index in [1.54, 1.807) is 0 Å². The molecule has 0 spiro atoms. The molecule has 0 unspecified atom stereocenters. The summed E-state index contributed by atoms with van der Waals surface area (Å²) in [5.41, 5.74) is 5.82. The van der Waals surface area contributed by atoms with Crippen molar-refractivity contribution in [3.8, 4) is 0 Å². The number of aryl methyl sites for hydroxylation is 4. The lowest BCUT2D eigenvalue weighted by molar-refractivity contribution is 0.312. The number of rotatable bonds is 3. The van der Waals surface area contributed by atoms with Gasteiger partial charge in [0.1, 0.15) is 5.82 Å². The summed E-state index contributed by atoms with van der Waals surface area (Å²) in [7, 11) is 2.17. The number of hydrogen-bond donors (Lipinski definition) is 1. The number of anilines is 3. The van der Waals surface area contributed by atoms with E-state index in [4.69, 9.17) is 4.98 Å². The van der Waals surface area contributed by atoms with Crippen LogP contribution in [0.5, 0.6) is 0 Å². The van der Waals surface area contributed by atoms with Gasteiger partial charge < -0.3 is 15.1 Å². The average Bonchev–Trinajstić information content (AvgIpc) is 2.51. The molecule has 0 amide bonds. The molecule has 0 radical (unpaired) electrons. The second-order valence-electron chi connectivity index (χ2n) is 6.88. The number of piperazine rings is 1. The number of aromatic nitrogens is 2. The molecule has 1 aromatic carbocycles. The maximum Gasteiger partial charge on any atom is 0.229 e. The smallest absolute Gasteiger partial charge is 0.229 e. The summed E-state index contributed by atoms with van der Waals surface area (Å²) < 4.78 is 0. The molecule has 1 aromatic heterocycles. The van der Waals surface area contributed by atoms with E-state index in [2.05, 4.69) is 66.1 Å². The van der Waals surface area contributed by atoms with E-state index < -0.39 is 0 Å². The lowest BCUT2D eigenvalue weighted by Gasteiger charge is -2.33. The molecule has 2 aromatic rings. The fourth-order valence-electron chi connectivity index (χ4n) is 3.29. The van der Waals surface area contributed by atoms with Crippen LogP contribution in [-0.2, 0) is 0 Å². The SMILES string of the molecule is Cc1cc(C)c(Nc2nc(C)cc(N3CCN(C)CC3)n2)c(C)c1. The standard InChI is InChI=1S/C19H27N5/c1-13-10-14(2)18(15(3)11-13)22-19-20-16(4)12-17(21-19)24-8-6-23(5)7-9-24/h10-12H,6-9H2,1-5H3,(H,20,21,22). The second-order valence-corrected chi connectivity index (χ2v) is 6.88. The molecule has 1 fully saturated rings. The van der Waals surface area contributed by atoms with Crippen LogP contribution in [0.15, 0.2) is 18.2 Å². The summed E-state index contributed by atoms with van der Waals surface area (Å²) in [4.78, 5) is 14.0. The summed E-state index contributed by atoms with van der Waals surface area (Å²) in [6.07, 6.45) is 0. The van der Waals surface area contributed by atoms with Gasteiger partial charge >= 0.3 is 0 Å². The fourth-order valence-corrected chi connectivity index (χ4v) is 3.29. The monoisotopic (exact) mass is 325 g/mol. The number of benzene rings is 1. The molecule has 24 heavy (non-hydrogen) atoms. The minimum atomic E-state index is 0.680. The lowest BCUT2D eigenvalue weighted by Crippen LogP contribution is -2.44. The molecule has 5 heteroatoms. The van der Waals surface area contributed by atoms with Crippen molar-refractivity contribution >= 4 is 17.5 Å². The summed E-state index contributed by atoms with van der Waals surface area (Å²) >= 11 is 0. The molecule has 1 saturated heterocycles. The molecule has 0 saturated carbocycles. The normalized spacial score (nSPS) is 15.6. The van der Waals surface area contributed by atoms with Crippen molar-refractivity contribution in [3.05, 3.63) is 40.6 Å². The van der Waals surface area contributed by atoms with E-state index in [1.807, 2.05) is 6.92 Å². The van der Waals surface area contributed by atoms with E-state index in [9.17, 15) is 0 Å². The zero-order valence-corrected chi connectivity index (χ0v) is 15.3. The predicted octanol–water partition coefficient (Wildman–Crippen LogP) is 3.21. The highest BCUT2D eigenvalue weighted by Gasteiger charge is 2.17. The van der Waals surface area contributed by atoms with Gasteiger partial charge in [-0.05, 0) is 45.9 Å². The van der Waals surface area contributed by atoms with Gasteiger partial charge in [0.05, 0.1) is 0 Å². The maximum atomic E-state index is 4.77. The Kier molecular flexibility index (Phi) is 4.71. The number of nitrogens with zero attached hydrogens (tertiary/aromatic N) is 4.